The Labute approximate surface area is 176 Å². The predicted molar refractivity (Wildman–Crippen MR) is 104 cm³/mol. The second-order valence-corrected chi connectivity index (χ2v) is 6.90. The van der Waals surface area contributed by atoms with Gasteiger partial charge in [-0.05, 0) is 42.0 Å². The van der Waals surface area contributed by atoms with Gasteiger partial charge in [-0.15, -0.1) is 0 Å². The van der Waals surface area contributed by atoms with Gasteiger partial charge in [0.15, 0.2) is 0 Å². The van der Waals surface area contributed by atoms with Crippen molar-refractivity contribution in [3.8, 4) is 0 Å². The number of aliphatic hydroxyl groups is 1. The molecule has 0 aliphatic heterocycles. The average Bonchev–Trinajstić information content (AvgIpc) is 2.69. The number of alkyl halides is 6. The Balaban J connectivity index is 1.95. The first kappa shape index (κ1) is 23.3. The second kappa shape index (κ2) is 8.65. The molecule has 3 rings (SSSR count). The van der Waals surface area contributed by atoms with Crippen LogP contribution >= 0.6 is 0 Å². The lowest BCUT2D eigenvalue weighted by Gasteiger charge is -2.16. The summed E-state index contributed by atoms with van der Waals surface area (Å²) >= 11 is 0. The van der Waals surface area contributed by atoms with E-state index in [1.807, 2.05) is 0 Å². The van der Waals surface area contributed by atoms with Crippen LogP contribution in [0.1, 0.15) is 16.7 Å². The monoisotopic (exact) mass is 458 g/mol. The molecule has 3 aromatic rings. The number of carbonyl (C=O) groups excluding carboxylic acids is 1. The summed E-state index contributed by atoms with van der Waals surface area (Å²) in [7, 11) is 0. The minimum absolute atomic E-state index is 0.0428. The Kier molecular flexibility index (Phi) is 6.31. The normalized spacial score (nSPS) is 12.2. The molecular weight excluding hydrogens is 442 g/mol. The molecular formula is C21H16F6N2O3. The minimum atomic E-state index is -4.95. The van der Waals surface area contributed by atoms with Crippen LogP contribution in [-0.4, -0.2) is 22.2 Å². The maximum absolute atomic E-state index is 13.2. The number of nitrogens with zero attached hydrogens (tertiary/aromatic N) is 1. The molecule has 2 N–H and O–H groups in total. The van der Waals surface area contributed by atoms with Crippen LogP contribution in [0, 0.1) is 0 Å². The lowest BCUT2D eigenvalue weighted by atomic mass is 10.00. The Morgan fingerprint density at radius 2 is 1.69 bits per heavy atom. The van der Waals surface area contributed by atoms with E-state index in [9.17, 15) is 35.9 Å². The highest BCUT2D eigenvalue weighted by molar-refractivity contribution is 6.02. The van der Waals surface area contributed by atoms with Crippen molar-refractivity contribution >= 4 is 22.4 Å². The van der Waals surface area contributed by atoms with Gasteiger partial charge in [-0.3, -0.25) is 9.59 Å². The van der Waals surface area contributed by atoms with Gasteiger partial charge >= 0.3 is 12.4 Å². The van der Waals surface area contributed by atoms with E-state index in [1.54, 1.807) is 0 Å². The van der Waals surface area contributed by atoms with Crippen molar-refractivity contribution in [3.05, 3.63) is 75.7 Å². The summed E-state index contributed by atoms with van der Waals surface area (Å²) in [6.07, 6.45) is -9.40. The highest BCUT2D eigenvalue weighted by Crippen LogP contribution is 2.37. The van der Waals surface area contributed by atoms with Gasteiger partial charge in [-0.25, -0.2) is 0 Å². The number of carbonyl (C=O) groups is 1. The molecule has 1 heterocycles. The zero-order valence-electron chi connectivity index (χ0n) is 16.2. The Hall–Kier alpha value is -3.34. The van der Waals surface area contributed by atoms with Gasteiger partial charge in [-0.1, -0.05) is 6.07 Å². The summed E-state index contributed by atoms with van der Waals surface area (Å²) in [4.78, 5) is 24.9. The molecule has 0 saturated heterocycles. The number of hydrogen-bond acceptors (Lipinski definition) is 3. The molecule has 0 aliphatic carbocycles. The van der Waals surface area contributed by atoms with Crippen LogP contribution in [0.4, 0.5) is 32.0 Å². The molecule has 0 unspecified atom stereocenters. The van der Waals surface area contributed by atoms with Crippen molar-refractivity contribution < 1.29 is 36.2 Å². The molecule has 0 fully saturated rings. The standard InChI is InChI=1S/C21H16F6N2O3/c22-20(23,24)13-4-5-16(21(25,26)27)12(10-13)11-18(31)28-17-3-1-2-15-14(17)6-7-29(8-9-30)19(15)32/h1-7,10,30H,8-9,11H2,(H,28,31). The largest absolute Gasteiger partial charge is 0.416 e. The van der Waals surface area contributed by atoms with Gasteiger partial charge in [0, 0.05) is 29.2 Å². The van der Waals surface area contributed by atoms with Crippen molar-refractivity contribution in [2.24, 2.45) is 0 Å². The molecule has 0 spiro atoms. The third kappa shape index (κ3) is 4.93. The molecule has 0 saturated carbocycles. The van der Waals surface area contributed by atoms with Crippen LogP contribution in [0.5, 0.6) is 0 Å². The van der Waals surface area contributed by atoms with E-state index in [2.05, 4.69) is 5.32 Å². The van der Waals surface area contributed by atoms with E-state index in [-0.39, 0.29) is 24.2 Å². The summed E-state index contributed by atoms with van der Waals surface area (Å²) in [6.45, 7) is -0.235. The smallest absolute Gasteiger partial charge is 0.395 e. The van der Waals surface area contributed by atoms with Crippen molar-refractivity contribution in [1.29, 1.82) is 0 Å². The fourth-order valence-electron chi connectivity index (χ4n) is 3.27. The third-order valence-corrected chi connectivity index (χ3v) is 4.72. The van der Waals surface area contributed by atoms with Crippen LogP contribution in [-0.2, 0) is 30.1 Å². The van der Waals surface area contributed by atoms with E-state index in [0.717, 1.165) is 0 Å². The second-order valence-electron chi connectivity index (χ2n) is 6.90. The fraction of sp³-hybridized carbons (Fsp3) is 0.238. The number of halogens is 6. The molecule has 0 atom stereocenters. The molecule has 170 valence electrons. The summed E-state index contributed by atoms with van der Waals surface area (Å²) in [6, 6.07) is 6.71. The van der Waals surface area contributed by atoms with Crippen LogP contribution in [0.3, 0.4) is 0 Å². The lowest BCUT2D eigenvalue weighted by Crippen LogP contribution is -2.22. The van der Waals surface area contributed by atoms with Gasteiger partial charge in [0.1, 0.15) is 0 Å². The van der Waals surface area contributed by atoms with E-state index in [1.165, 1.54) is 35.0 Å². The first-order valence-electron chi connectivity index (χ1n) is 9.22. The highest BCUT2D eigenvalue weighted by Gasteiger charge is 2.37. The summed E-state index contributed by atoms with van der Waals surface area (Å²) < 4.78 is 79.8. The molecule has 0 radical (unpaired) electrons. The highest BCUT2D eigenvalue weighted by atomic mass is 19.4. The Morgan fingerprint density at radius 3 is 2.31 bits per heavy atom. The van der Waals surface area contributed by atoms with Crippen molar-refractivity contribution in [3.63, 3.8) is 0 Å². The predicted octanol–water partition coefficient (Wildman–Crippen LogP) is 4.21. The Bertz CT molecular complexity index is 1210. The number of nitrogens with one attached hydrogen (secondary N) is 1. The minimum Gasteiger partial charge on any atom is -0.395 e. The maximum Gasteiger partial charge on any atom is 0.416 e. The number of anilines is 1. The fourth-order valence-corrected chi connectivity index (χ4v) is 3.27. The van der Waals surface area contributed by atoms with E-state index in [4.69, 9.17) is 5.11 Å². The Morgan fingerprint density at radius 1 is 0.969 bits per heavy atom. The lowest BCUT2D eigenvalue weighted by molar-refractivity contribution is -0.142. The topological polar surface area (TPSA) is 71.3 Å². The zero-order chi connectivity index (χ0) is 23.7. The molecule has 0 aliphatic rings. The summed E-state index contributed by atoms with van der Waals surface area (Å²) in [5, 5.41) is 11.9. The number of rotatable bonds is 5. The number of aliphatic hydroxyl groups excluding tert-OH is 1. The molecule has 11 heteroatoms. The number of benzene rings is 2. The van der Waals surface area contributed by atoms with E-state index in [0.29, 0.717) is 23.6 Å². The van der Waals surface area contributed by atoms with Gasteiger partial charge in [-0.2, -0.15) is 26.3 Å². The summed E-state index contributed by atoms with van der Waals surface area (Å²) in [5.41, 5.74) is -3.81. The number of pyridine rings is 1. The summed E-state index contributed by atoms with van der Waals surface area (Å²) in [5.74, 6) is -0.984. The molecule has 2 aromatic carbocycles. The SMILES string of the molecule is O=C(Cc1cc(C(F)(F)F)ccc1C(F)(F)F)Nc1cccc2c(=O)n(CCO)ccc12. The third-order valence-electron chi connectivity index (χ3n) is 4.72. The van der Waals surface area contributed by atoms with Gasteiger partial charge in [0.2, 0.25) is 5.91 Å². The quantitative estimate of drug-likeness (QED) is 0.563. The maximum atomic E-state index is 13.2. The first-order chi connectivity index (χ1) is 14.9. The van der Waals surface area contributed by atoms with Gasteiger partial charge < -0.3 is 15.0 Å². The molecule has 0 bridgehead atoms. The van der Waals surface area contributed by atoms with Gasteiger partial charge in [0.25, 0.3) is 5.56 Å². The molecule has 1 aromatic heterocycles. The van der Waals surface area contributed by atoms with Crippen LogP contribution in [0.2, 0.25) is 0 Å². The van der Waals surface area contributed by atoms with Crippen molar-refractivity contribution in [2.45, 2.75) is 25.3 Å². The number of aromatic nitrogens is 1. The molecule has 1 amide bonds. The van der Waals surface area contributed by atoms with Crippen molar-refractivity contribution in [1.82, 2.24) is 4.57 Å². The molecule has 32 heavy (non-hydrogen) atoms. The zero-order valence-corrected chi connectivity index (χ0v) is 16.2. The van der Waals surface area contributed by atoms with E-state index >= 15 is 0 Å². The molecule has 5 nitrogen and oxygen atoms in total. The number of hydrogen-bond donors (Lipinski definition) is 2. The first-order valence-corrected chi connectivity index (χ1v) is 9.22. The van der Waals surface area contributed by atoms with Gasteiger partial charge in [0.05, 0.1) is 24.2 Å². The van der Waals surface area contributed by atoms with Crippen LogP contribution < -0.4 is 10.9 Å². The van der Waals surface area contributed by atoms with E-state index < -0.39 is 46.9 Å². The van der Waals surface area contributed by atoms with Crippen LogP contribution in [0.15, 0.2) is 53.5 Å². The number of amides is 1. The van der Waals surface area contributed by atoms with Crippen molar-refractivity contribution in [2.75, 3.05) is 11.9 Å². The average molecular weight is 458 g/mol. The number of fused-ring (bicyclic) bond motifs is 1. The van der Waals surface area contributed by atoms with Crippen LogP contribution in [0.25, 0.3) is 10.8 Å².